The van der Waals surface area contributed by atoms with Crippen LogP contribution < -0.4 is 15.4 Å². The number of ether oxygens (including phenoxy) is 1. The SMILES string of the molecule is CN=C(NCCOc1c(Cl)cc(Cl)cc1Cl)NCCn1cccn1.I. The molecule has 2 aromatic rings. The molecule has 138 valence electrons. The van der Waals surface area contributed by atoms with Crippen LogP contribution in [-0.2, 0) is 6.54 Å². The molecule has 0 amide bonds. The Bertz CT molecular complexity index is 659. The summed E-state index contributed by atoms with van der Waals surface area (Å²) in [7, 11) is 1.71. The molecule has 0 aliphatic rings. The van der Waals surface area contributed by atoms with Crippen LogP contribution in [0.25, 0.3) is 0 Å². The van der Waals surface area contributed by atoms with Crippen LogP contribution in [0.4, 0.5) is 0 Å². The quantitative estimate of drug-likeness (QED) is 0.254. The summed E-state index contributed by atoms with van der Waals surface area (Å²) in [5.41, 5.74) is 0. The Morgan fingerprint density at radius 3 is 2.48 bits per heavy atom. The fraction of sp³-hybridized carbons (Fsp3) is 0.333. The van der Waals surface area contributed by atoms with Crippen LogP contribution in [0, 0.1) is 0 Å². The van der Waals surface area contributed by atoms with Gasteiger partial charge in [-0.15, -0.1) is 24.0 Å². The molecular weight excluding hydrogens is 499 g/mol. The second-order valence-corrected chi connectivity index (χ2v) is 5.99. The number of aliphatic imine (C=N–C) groups is 1. The molecule has 1 aromatic carbocycles. The maximum atomic E-state index is 6.06. The van der Waals surface area contributed by atoms with Gasteiger partial charge in [-0.05, 0) is 18.2 Å². The second-order valence-electron chi connectivity index (χ2n) is 4.74. The molecule has 10 heteroatoms. The average molecular weight is 519 g/mol. The first-order chi connectivity index (χ1) is 11.6. The number of nitrogens with zero attached hydrogens (tertiary/aromatic N) is 3. The fourth-order valence-electron chi connectivity index (χ4n) is 1.93. The third kappa shape index (κ3) is 7.47. The topological polar surface area (TPSA) is 63.5 Å². The molecule has 0 radical (unpaired) electrons. The molecule has 0 spiro atoms. The molecule has 0 saturated heterocycles. The zero-order valence-electron chi connectivity index (χ0n) is 13.5. The maximum absolute atomic E-state index is 6.06. The highest BCUT2D eigenvalue weighted by atomic mass is 127. The Balaban J connectivity index is 0.00000312. The zero-order chi connectivity index (χ0) is 17.4. The number of halogens is 4. The molecule has 0 unspecified atom stereocenters. The molecular formula is C15H19Cl3IN5O. The van der Waals surface area contributed by atoms with Gasteiger partial charge in [0.25, 0.3) is 0 Å². The lowest BCUT2D eigenvalue weighted by molar-refractivity contribution is 0.322. The fourth-order valence-corrected chi connectivity index (χ4v) is 2.86. The van der Waals surface area contributed by atoms with Crippen molar-refractivity contribution in [3.8, 4) is 5.75 Å². The Kier molecular flexibility index (Phi) is 10.3. The van der Waals surface area contributed by atoms with Crippen LogP contribution in [0.3, 0.4) is 0 Å². The van der Waals surface area contributed by atoms with E-state index in [0.29, 0.717) is 46.5 Å². The van der Waals surface area contributed by atoms with Crippen molar-refractivity contribution in [3.05, 3.63) is 45.7 Å². The summed E-state index contributed by atoms with van der Waals surface area (Å²) < 4.78 is 7.44. The van der Waals surface area contributed by atoms with Crippen molar-refractivity contribution < 1.29 is 4.74 Å². The standard InChI is InChI=1S/C15H18Cl3N5O.HI/c1-19-15(20-4-7-23-6-2-3-22-23)21-5-8-24-14-12(17)9-11(16)10-13(14)18;/h2-3,6,9-10H,4-5,7-8H2,1H3,(H2,19,20,21);1H. The summed E-state index contributed by atoms with van der Waals surface area (Å²) in [6.07, 6.45) is 3.66. The number of rotatable bonds is 7. The highest BCUT2D eigenvalue weighted by Gasteiger charge is 2.09. The van der Waals surface area contributed by atoms with Gasteiger partial charge >= 0.3 is 0 Å². The van der Waals surface area contributed by atoms with E-state index in [-0.39, 0.29) is 24.0 Å². The van der Waals surface area contributed by atoms with Gasteiger partial charge in [0.2, 0.25) is 0 Å². The van der Waals surface area contributed by atoms with Crippen LogP contribution in [0.2, 0.25) is 15.1 Å². The predicted molar refractivity (Wildman–Crippen MR) is 114 cm³/mol. The van der Waals surface area contributed by atoms with E-state index >= 15 is 0 Å². The number of aromatic nitrogens is 2. The number of guanidine groups is 1. The van der Waals surface area contributed by atoms with Gasteiger partial charge in [-0.1, -0.05) is 34.8 Å². The molecule has 6 nitrogen and oxygen atoms in total. The molecule has 0 aliphatic heterocycles. The molecule has 0 saturated carbocycles. The highest BCUT2D eigenvalue weighted by molar-refractivity contribution is 14.0. The number of nitrogens with one attached hydrogen (secondary N) is 2. The van der Waals surface area contributed by atoms with E-state index in [9.17, 15) is 0 Å². The molecule has 2 rings (SSSR count). The Hall–Kier alpha value is -0.900. The lowest BCUT2D eigenvalue weighted by Crippen LogP contribution is -2.40. The summed E-state index contributed by atoms with van der Waals surface area (Å²) in [6.45, 7) is 2.37. The summed E-state index contributed by atoms with van der Waals surface area (Å²) in [5, 5.41) is 11.7. The molecule has 1 aromatic heterocycles. The number of hydrogen-bond donors (Lipinski definition) is 2. The average Bonchev–Trinajstić information content (AvgIpc) is 3.04. The highest BCUT2D eigenvalue weighted by Crippen LogP contribution is 2.35. The third-order valence-corrected chi connectivity index (χ3v) is 3.80. The van der Waals surface area contributed by atoms with Gasteiger partial charge in [-0.3, -0.25) is 9.67 Å². The Morgan fingerprint density at radius 1 is 1.20 bits per heavy atom. The minimum absolute atomic E-state index is 0. The van der Waals surface area contributed by atoms with E-state index in [1.54, 1.807) is 25.4 Å². The van der Waals surface area contributed by atoms with Crippen molar-refractivity contribution >= 4 is 64.7 Å². The van der Waals surface area contributed by atoms with Crippen molar-refractivity contribution in [2.75, 3.05) is 26.7 Å². The monoisotopic (exact) mass is 517 g/mol. The largest absolute Gasteiger partial charge is 0.489 e. The molecule has 0 aliphatic carbocycles. The van der Waals surface area contributed by atoms with Crippen LogP contribution in [0.1, 0.15) is 0 Å². The molecule has 25 heavy (non-hydrogen) atoms. The molecule has 1 heterocycles. The molecule has 0 atom stereocenters. The van der Waals surface area contributed by atoms with Gasteiger partial charge < -0.3 is 15.4 Å². The van der Waals surface area contributed by atoms with Crippen molar-refractivity contribution in [1.29, 1.82) is 0 Å². The van der Waals surface area contributed by atoms with E-state index in [4.69, 9.17) is 39.5 Å². The van der Waals surface area contributed by atoms with Crippen LogP contribution in [-0.4, -0.2) is 42.5 Å². The zero-order valence-corrected chi connectivity index (χ0v) is 18.1. The summed E-state index contributed by atoms with van der Waals surface area (Å²) in [5.74, 6) is 1.10. The van der Waals surface area contributed by atoms with Crippen LogP contribution in [0.5, 0.6) is 5.75 Å². The smallest absolute Gasteiger partial charge is 0.191 e. The van der Waals surface area contributed by atoms with Gasteiger partial charge in [0.05, 0.1) is 23.1 Å². The van der Waals surface area contributed by atoms with Crippen molar-refractivity contribution in [1.82, 2.24) is 20.4 Å². The molecule has 0 bridgehead atoms. The lowest BCUT2D eigenvalue weighted by Gasteiger charge is -2.14. The van der Waals surface area contributed by atoms with E-state index < -0.39 is 0 Å². The lowest BCUT2D eigenvalue weighted by atomic mass is 10.3. The van der Waals surface area contributed by atoms with Gasteiger partial charge in [0.1, 0.15) is 6.61 Å². The van der Waals surface area contributed by atoms with Crippen molar-refractivity contribution in [2.24, 2.45) is 4.99 Å². The Morgan fingerprint density at radius 2 is 1.88 bits per heavy atom. The maximum Gasteiger partial charge on any atom is 0.191 e. The van der Waals surface area contributed by atoms with E-state index in [2.05, 4.69) is 20.7 Å². The van der Waals surface area contributed by atoms with Gasteiger partial charge in [-0.2, -0.15) is 5.10 Å². The van der Waals surface area contributed by atoms with Crippen LogP contribution in [0.15, 0.2) is 35.6 Å². The van der Waals surface area contributed by atoms with Gasteiger partial charge in [0.15, 0.2) is 11.7 Å². The first kappa shape index (κ1) is 22.1. The number of benzene rings is 1. The third-order valence-electron chi connectivity index (χ3n) is 3.02. The van der Waals surface area contributed by atoms with E-state index in [1.807, 2.05) is 16.9 Å². The first-order valence-corrected chi connectivity index (χ1v) is 8.43. The Labute approximate surface area is 178 Å². The second kappa shape index (κ2) is 11.7. The minimum Gasteiger partial charge on any atom is -0.489 e. The van der Waals surface area contributed by atoms with Crippen molar-refractivity contribution in [2.45, 2.75) is 6.54 Å². The van der Waals surface area contributed by atoms with Gasteiger partial charge in [-0.25, -0.2) is 0 Å². The summed E-state index contributed by atoms with van der Waals surface area (Å²) in [6, 6.07) is 5.07. The predicted octanol–water partition coefficient (Wildman–Crippen LogP) is 3.71. The molecule has 2 N–H and O–H groups in total. The van der Waals surface area contributed by atoms with Gasteiger partial charge in [0, 0.05) is 31.0 Å². The van der Waals surface area contributed by atoms with E-state index in [1.165, 1.54) is 0 Å². The normalized spacial score (nSPS) is 11.0. The van der Waals surface area contributed by atoms with Crippen molar-refractivity contribution in [3.63, 3.8) is 0 Å². The number of hydrogen-bond acceptors (Lipinski definition) is 3. The van der Waals surface area contributed by atoms with Crippen LogP contribution >= 0.6 is 58.8 Å². The summed E-state index contributed by atoms with van der Waals surface area (Å²) >= 11 is 18.0. The molecule has 0 fully saturated rings. The van der Waals surface area contributed by atoms with E-state index in [0.717, 1.165) is 6.54 Å². The summed E-state index contributed by atoms with van der Waals surface area (Å²) in [4.78, 5) is 4.14. The minimum atomic E-state index is 0. The first-order valence-electron chi connectivity index (χ1n) is 7.29.